The van der Waals surface area contributed by atoms with Crippen molar-refractivity contribution in [2.75, 3.05) is 5.73 Å². The van der Waals surface area contributed by atoms with Crippen molar-refractivity contribution in [1.82, 2.24) is 4.98 Å². The average molecular weight is 148 g/mol. The summed E-state index contributed by atoms with van der Waals surface area (Å²) in [6.45, 7) is 2.01. The van der Waals surface area contributed by atoms with E-state index in [0.717, 1.165) is 16.9 Å². The molecule has 11 heavy (non-hydrogen) atoms. The number of nitrogen functional groups attached to an aromatic ring is 1. The van der Waals surface area contributed by atoms with Gasteiger partial charge in [0, 0.05) is 12.1 Å². The van der Waals surface area contributed by atoms with Gasteiger partial charge in [0.15, 0.2) is 0 Å². The molecule has 0 unspecified atom stereocenters. The fourth-order valence-corrected chi connectivity index (χ4v) is 1.30. The maximum atomic E-state index is 5.80. The molecule has 0 amide bonds. The smallest absolute Gasteiger partial charge is 0.0663 e. The maximum Gasteiger partial charge on any atom is 0.0663 e. The Morgan fingerprint density at radius 1 is 1.55 bits per heavy atom. The first-order chi connectivity index (χ1) is 5.27. The molecule has 0 aromatic carbocycles. The first kappa shape index (κ1) is 6.65. The summed E-state index contributed by atoms with van der Waals surface area (Å²) in [5.74, 6) is 0.663. The third kappa shape index (κ3) is 1.20. The molecular formula is C9H12N2. The van der Waals surface area contributed by atoms with E-state index >= 15 is 0 Å². The fraction of sp³-hybridized carbons (Fsp3) is 0.444. The highest BCUT2D eigenvalue weighted by Crippen LogP contribution is 2.41. The van der Waals surface area contributed by atoms with E-state index in [-0.39, 0.29) is 0 Å². The van der Waals surface area contributed by atoms with Crippen LogP contribution >= 0.6 is 0 Å². The predicted molar refractivity (Wildman–Crippen MR) is 45.4 cm³/mol. The fourth-order valence-electron chi connectivity index (χ4n) is 1.30. The second kappa shape index (κ2) is 2.22. The van der Waals surface area contributed by atoms with Gasteiger partial charge in [-0.2, -0.15) is 0 Å². The van der Waals surface area contributed by atoms with Crippen LogP contribution in [0.25, 0.3) is 0 Å². The van der Waals surface area contributed by atoms with Gasteiger partial charge in [0.25, 0.3) is 0 Å². The van der Waals surface area contributed by atoms with Gasteiger partial charge in [0.05, 0.1) is 11.4 Å². The summed E-state index contributed by atoms with van der Waals surface area (Å²) in [7, 11) is 0. The van der Waals surface area contributed by atoms with Crippen LogP contribution in [0.3, 0.4) is 0 Å². The average Bonchev–Trinajstić information content (AvgIpc) is 2.70. The Morgan fingerprint density at radius 3 is 2.82 bits per heavy atom. The number of aromatic nitrogens is 1. The van der Waals surface area contributed by atoms with Gasteiger partial charge in [-0.1, -0.05) is 0 Å². The molecule has 0 spiro atoms. The molecule has 0 bridgehead atoms. The lowest BCUT2D eigenvalue weighted by Crippen LogP contribution is -1.96. The van der Waals surface area contributed by atoms with Gasteiger partial charge < -0.3 is 5.73 Å². The van der Waals surface area contributed by atoms with Gasteiger partial charge in [0.2, 0.25) is 0 Å². The molecule has 2 N–H and O–H groups in total. The third-order valence-electron chi connectivity index (χ3n) is 2.05. The summed E-state index contributed by atoms with van der Waals surface area (Å²) in [5, 5.41) is 0. The molecule has 0 aliphatic heterocycles. The zero-order valence-electron chi connectivity index (χ0n) is 6.67. The Labute approximate surface area is 66.4 Å². The highest BCUT2D eigenvalue weighted by atomic mass is 14.8. The zero-order valence-corrected chi connectivity index (χ0v) is 6.67. The van der Waals surface area contributed by atoms with Crippen molar-refractivity contribution in [2.24, 2.45) is 0 Å². The lowest BCUT2D eigenvalue weighted by molar-refractivity contribution is 1.02. The molecule has 2 heteroatoms. The predicted octanol–water partition coefficient (Wildman–Crippen LogP) is 1.85. The van der Waals surface area contributed by atoms with Crippen molar-refractivity contribution in [2.45, 2.75) is 25.7 Å². The van der Waals surface area contributed by atoms with Crippen molar-refractivity contribution in [3.05, 3.63) is 23.5 Å². The summed E-state index contributed by atoms with van der Waals surface area (Å²) in [6, 6.07) is 2.00. The van der Waals surface area contributed by atoms with Crippen molar-refractivity contribution in [3.8, 4) is 0 Å². The highest BCUT2D eigenvalue weighted by molar-refractivity contribution is 5.47. The molecule has 0 saturated heterocycles. The van der Waals surface area contributed by atoms with E-state index < -0.39 is 0 Å². The van der Waals surface area contributed by atoms with Crippen molar-refractivity contribution < 1.29 is 0 Å². The second-order valence-corrected chi connectivity index (χ2v) is 3.26. The molecule has 1 heterocycles. The number of nitrogens with zero attached hydrogens (tertiary/aromatic N) is 1. The number of hydrogen-bond acceptors (Lipinski definition) is 2. The summed E-state index contributed by atoms with van der Waals surface area (Å²) < 4.78 is 0. The minimum atomic E-state index is 0.663. The van der Waals surface area contributed by atoms with E-state index in [4.69, 9.17) is 5.73 Å². The van der Waals surface area contributed by atoms with Crippen LogP contribution in [0.5, 0.6) is 0 Å². The molecule has 1 aliphatic carbocycles. The minimum Gasteiger partial charge on any atom is -0.397 e. The molecule has 0 atom stereocenters. The summed E-state index contributed by atoms with van der Waals surface area (Å²) in [6.07, 6.45) is 4.42. The molecule has 2 nitrogen and oxygen atoms in total. The van der Waals surface area contributed by atoms with E-state index in [2.05, 4.69) is 4.98 Å². The van der Waals surface area contributed by atoms with E-state index in [1.54, 1.807) is 0 Å². The van der Waals surface area contributed by atoms with Crippen molar-refractivity contribution in [3.63, 3.8) is 0 Å². The number of aryl methyl sites for hydroxylation is 1. The zero-order chi connectivity index (χ0) is 7.84. The molecule has 58 valence electrons. The van der Waals surface area contributed by atoms with Gasteiger partial charge in [0.1, 0.15) is 0 Å². The Kier molecular flexibility index (Phi) is 1.34. The van der Waals surface area contributed by atoms with Crippen LogP contribution in [0.4, 0.5) is 5.69 Å². The van der Waals surface area contributed by atoms with Crippen molar-refractivity contribution in [1.29, 1.82) is 0 Å². The van der Waals surface area contributed by atoms with Crippen LogP contribution in [0.15, 0.2) is 12.3 Å². The highest BCUT2D eigenvalue weighted by Gasteiger charge is 2.26. The van der Waals surface area contributed by atoms with Crippen molar-refractivity contribution >= 4 is 5.69 Å². The van der Waals surface area contributed by atoms with Gasteiger partial charge in [-0.15, -0.1) is 0 Å². The lowest BCUT2D eigenvalue weighted by Gasteiger charge is -2.02. The second-order valence-electron chi connectivity index (χ2n) is 3.26. The minimum absolute atomic E-state index is 0.663. The number of pyridine rings is 1. The van der Waals surface area contributed by atoms with E-state index in [1.807, 2.05) is 19.2 Å². The number of nitrogens with two attached hydrogens (primary N) is 1. The largest absolute Gasteiger partial charge is 0.397 e. The quantitative estimate of drug-likeness (QED) is 0.660. The Morgan fingerprint density at radius 2 is 2.27 bits per heavy atom. The Balaban J connectivity index is 2.39. The van der Waals surface area contributed by atoms with Crippen LogP contribution in [-0.4, -0.2) is 4.98 Å². The summed E-state index contributed by atoms with van der Waals surface area (Å²) in [5.41, 5.74) is 8.92. The Hall–Kier alpha value is -1.05. The van der Waals surface area contributed by atoms with Gasteiger partial charge >= 0.3 is 0 Å². The molecular weight excluding hydrogens is 136 g/mol. The van der Waals surface area contributed by atoms with Crippen LogP contribution in [0.2, 0.25) is 0 Å². The molecule has 1 saturated carbocycles. The third-order valence-corrected chi connectivity index (χ3v) is 2.05. The molecule has 0 radical (unpaired) electrons. The van der Waals surface area contributed by atoms with E-state index in [1.165, 1.54) is 12.8 Å². The SMILES string of the molecule is Cc1cnc(C2CC2)c(N)c1. The molecule has 1 fully saturated rings. The normalized spacial score (nSPS) is 16.8. The standard InChI is InChI=1S/C9H12N2/c1-6-4-8(10)9(11-5-6)7-2-3-7/h4-5,7H,2-3,10H2,1H3. The van der Waals surface area contributed by atoms with Crippen LogP contribution in [-0.2, 0) is 0 Å². The topological polar surface area (TPSA) is 38.9 Å². The summed E-state index contributed by atoms with van der Waals surface area (Å²) in [4.78, 5) is 4.31. The summed E-state index contributed by atoms with van der Waals surface area (Å²) >= 11 is 0. The van der Waals surface area contributed by atoms with Crippen LogP contribution < -0.4 is 5.73 Å². The number of anilines is 1. The molecule has 2 rings (SSSR count). The first-order valence-corrected chi connectivity index (χ1v) is 3.99. The van der Waals surface area contributed by atoms with Crippen LogP contribution in [0.1, 0.15) is 30.0 Å². The van der Waals surface area contributed by atoms with Gasteiger partial charge in [-0.25, -0.2) is 0 Å². The number of rotatable bonds is 1. The number of hydrogen-bond donors (Lipinski definition) is 1. The monoisotopic (exact) mass is 148 g/mol. The molecule has 1 aliphatic rings. The first-order valence-electron chi connectivity index (χ1n) is 3.99. The molecule has 1 aromatic rings. The lowest BCUT2D eigenvalue weighted by atomic mass is 10.2. The van der Waals surface area contributed by atoms with Gasteiger partial charge in [-0.05, 0) is 31.4 Å². The molecule has 1 aromatic heterocycles. The maximum absolute atomic E-state index is 5.80. The van der Waals surface area contributed by atoms with E-state index in [9.17, 15) is 0 Å². The Bertz CT molecular complexity index is 277. The van der Waals surface area contributed by atoms with Crippen LogP contribution in [0, 0.1) is 6.92 Å². The van der Waals surface area contributed by atoms with E-state index in [0.29, 0.717) is 5.92 Å². The van der Waals surface area contributed by atoms with Gasteiger partial charge in [-0.3, -0.25) is 4.98 Å².